The third kappa shape index (κ3) is 4.35. The van der Waals surface area contributed by atoms with Crippen molar-refractivity contribution in [1.29, 1.82) is 0 Å². The van der Waals surface area contributed by atoms with Gasteiger partial charge in [-0.15, -0.1) is 11.3 Å². The van der Waals surface area contributed by atoms with Crippen molar-refractivity contribution in [3.8, 4) is 5.69 Å². The fourth-order valence-corrected chi connectivity index (χ4v) is 6.62. The molecule has 194 valence electrons. The maximum absolute atomic E-state index is 13.8. The quantitative estimate of drug-likeness (QED) is 0.368. The zero-order valence-electron chi connectivity index (χ0n) is 21.2. The monoisotopic (exact) mass is 547 g/mol. The summed E-state index contributed by atoms with van der Waals surface area (Å²) in [6, 6.07) is 11.9. The van der Waals surface area contributed by atoms with Gasteiger partial charge in [-0.2, -0.15) is 0 Å². The molecular weight excluding hydrogens is 522 g/mol. The van der Waals surface area contributed by atoms with E-state index in [1.165, 1.54) is 22.7 Å². The van der Waals surface area contributed by atoms with E-state index in [1.807, 2.05) is 54.1 Å². The molecule has 0 saturated heterocycles. The number of nitrogens with zero attached hydrogens (tertiary/aromatic N) is 3. The molecule has 3 aromatic heterocycles. The predicted octanol–water partition coefficient (Wildman–Crippen LogP) is 3.97. The second kappa shape index (κ2) is 10.0. The summed E-state index contributed by atoms with van der Waals surface area (Å²) in [6.07, 6.45) is 1.83. The van der Waals surface area contributed by atoms with E-state index in [2.05, 4.69) is 4.99 Å². The number of esters is 1. The first-order valence-electron chi connectivity index (χ1n) is 12.0. The molecule has 1 aromatic carbocycles. The first-order valence-corrected chi connectivity index (χ1v) is 13.7. The van der Waals surface area contributed by atoms with Crippen LogP contribution >= 0.6 is 22.7 Å². The lowest BCUT2D eigenvalue weighted by molar-refractivity contribution is -0.139. The smallest absolute Gasteiger partial charge is 0.338 e. The summed E-state index contributed by atoms with van der Waals surface area (Å²) in [7, 11) is 0. The Bertz CT molecular complexity index is 1790. The minimum Gasteiger partial charge on any atom is -0.478 e. The molecule has 0 spiro atoms. The van der Waals surface area contributed by atoms with Crippen molar-refractivity contribution in [2.45, 2.75) is 33.7 Å². The van der Waals surface area contributed by atoms with Gasteiger partial charge < -0.3 is 14.4 Å². The van der Waals surface area contributed by atoms with Gasteiger partial charge >= 0.3 is 11.9 Å². The van der Waals surface area contributed by atoms with Crippen LogP contribution in [0.3, 0.4) is 0 Å². The third-order valence-corrected chi connectivity index (χ3v) is 8.35. The summed E-state index contributed by atoms with van der Waals surface area (Å²) >= 11 is 2.74. The minimum atomic E-state index is -0.992. The van der Waals surface area contributed by atoms with E-state index in [-0.39, 0.29) is 17.7 Å². The number of benzene rings is 1. The predicted molar refractivity (Wildman–Crippen MR) is 147 cm³/mol. The number of aromatic carboxylic acids is 1. The van der Waals surface area contributed by atoms with Crippen LogP contribution in [-0.4, -0.2) is 32.8 Å². The van der Waals surface area contributed by atoms with Gasteiger partial charge in [-0.25, -0.2) is 14.6 Å². The van der Waals surface area contributed by atoms with Crippen LogP contribution in [0, 0.1) is 13.8 Å². The van der Waals surface area contributed by atoms with Crippen LogP contribution in [0.5, 0.6) is 0 Å². The molecule has 0 radical (unpaired) electrons. The summed E-state index contributed by atoms with van der Waals surface area (Å²) in [4.78, 5) is 44.2. The molecule has 10 heteroatoms. The molecule has 0 bridgehead atoms. The number of thiophene rings is 1. The highest BCUT2D eigenvalue weighted by molar-refractivity contribution is 7.10. The fraction of sp³-hybridized carbons (Fsp3) is 0.214. The van der Waals surface area contributed by atoms with Crippen LogP contribution in [0.2, 0.25) is 0 Å². The number of carboxylic acid groups (broad SMARTS) is 1. The molecule has 1 aliphatic rings. The number of aryl methyl sites for hydroxylation is 1. The van der Waals surface area contributed by atoms with E-state index in [0.717, 1.165) is 27.5 Å². The van der Waals surface area contributed by atoms with E-state index in [0.29, 0.717) is 20.6 Å². The van der Waals surface area contributed by atoms with Gasteiger partial charge in [-0.05, 0) is 75.0 Å². The summed E-state index contributed by atoms with van der Waals surface area (Å²) in [5.41, 5.74) is 4.20. The molecule has 8 nitrogen and oxygen atoms in total. The number of carboxylic acids is 1. The SMILES string of the molecule is CCOC(=O)C1=C(C)N=c2s/c(=C\c3cc(C)n(-c4cccc(C(=O)O)c4)c3C)c(=O)n2[C@@H]1c1cccs1. The molecule has 0 amide bonds. The molecule has 1 atom stereocenters. The van der Waals surface area contributed by atoms with Gasteiger partial charge in [0.25, 0.3) is 5.56 Å². The zero-order chi connectivity index (χ0) is 27.1. The Labute approximate surface area is 226 Å². The average molecular weight is 548 g/mol. The van der Waals surface area contributed by atoms with Crippen molar-refractivity contribution in [2.24, 2.45) is 4.99 Å². The molecule has 1 aliphatic heterocycles. The number of carbonyl (C=O) groups is 2. The molecule has 4 heterocycles. The molecule has 1 N–H and O–H groups in total. The summed E-state index contributed by atoms with van der Waals surface area (Å²) < 4.78 is 9.36. The molecule has 0 fully saturated rings. The van der Waals surface area contributed by atoms with Crippen molar-refractivity contribution in [1.82, 2.24) is 9.13 Å². The first kappa shape index (κ1) is 25.6. The Morgan fingerprint density at radius 3 is 2.63 bits per heavy atom. The van der Waals surface area contributed by atoms with E-state index in [9.17, 15) is 19.5 Å². The van der Waals surface area contributed by atoms with E-state index in [1.54, 1.807) is 36.6 Å². The number of ether oxygens (including phenoxy) is 1. The highest BCUT2D eigenvalue weighted by atomic mass is 32.1. The van der Waals surface area contributed by atoms with Crippen LogP contribution in [0.15, 0.2) is 68.9 Å². The third-order valence-electron chi connectivity index (χ3n) is 6.44. The van der Waals surface area contributed by atoms with Crippen LogP contribution in [0.1, 0.15) is 52.1 Å². The average Bonchev–Trinajstić information content (AvgIpc) is 3.58. The first-order chi connectivity index (χ1) is 18.2. The number of rotatable bonds is 6. The Hall–Kier alpha value is -4.02. The van der Waals surface area contributed by atoms with Gasteiger partial charge in [0.1, 0.15) is 6.04 Å². The summed E-state index contributed by atoms with van der Waals surface area (Å²) in [5.74, 6) is -1.47. The van der Waals surface area contributed by atoms with Crippen LogP contribution in [-0.2, 0) is 9.53 Å². The molecule has 5 rings (SSSR count). The van der Waals surface area contributed by atoms with Crippen molar-refractivity contribution in [2.75, 3.05) is 6.61 Å². The Morgan fingerprint density at radius 2 is 1.95 bits per heavy atom. The summed E-state index contributed by atoms with van der Waals surface area (Å²) in [6.45, 7) is 7.61. The highest BCUT2D eigenvalue weighted by Gasteiger charge is 2.33. The van der Waals surface area contributed by atoms with Crippen molar-refractivity contribution in [3.63, 3.8) is 0 Å². The topological polar surface area (TPSA) is 103 Å². The normalized spacial score (nSPS) is 15.4. The molecule has 0 aliphatic carbocycles. The Morgan fingerprint density at radius 1 is 1.16 bits per heavy atom. The lowest BCUT2D eigenvalue weighted by Crippen LogP contribution is -2.39. The van der Waals surface area contributed by atoms with Crippen molar-refractivity contribution < 1.29 is 19.4 Å². The lowest BCUT2D eigenvalue weighted by atomic mass is 10.0. The number of carbonyl (C=O) groups excluding carboxylic acids is 1. The second-order valence-electron chi connectivity index (χ2n) is 8.84. The lowest BCUT2D eigenvalue weighted by Gasteiger charge is -2.23. The number of thiazole rings is 1. The zero-order valence-corrected chi connectivity index (χ0v) is 22.9. The largest absolute Gasteiger partial charge is 0.478 e. The number of hydrogen-bond donors (Lipinski definition) is 1. The number of aromatic nitrogens is 2. The van der Waals surface area contributed by atoms with E-state index >= 15 is 0 Å². The molecular formula is C28H25N3O5S2. The molecule has 0 unspecified atom stereocenters. The Balaban J connectivity index is 1.66. The van der Waals surface area contributed by atoms with Crippen molar-refractivity contribution >= 4 is 40.7 Å². The highest BCUT2D eigenvalue weighted by Crippen LogP contribution is 2.33. The minimum absolute atomic E-state index is 0.200. The van der Waals surface area contributed by atoms with Gasteiger partial charge in [-0.1, -0.05) is 23.5 Å². The standard InChI is InChI=1S/C28H25N3O5S2/c1-5-36-27(35)23-16(3)29-28-31(24(23)21-10-7-11-37-21)25(32)22(38-28)14-19-12-15(2)30(17(19)4)20-9-6-8-18(13-20)26(33)34/h6-14,24H,5H2,1-4H3,(H,33,34)/b22-14-/t24-/m1/s1. The summed E-state index contributed by atoms with van der Waals surface area (Å²) in [5, 5.41) is 11.3. The number of hydrogen-bond acceptors (Lipinski definition) is 7. The number of fused-ring (bicyclic) bond motifs is 1. The van der Waals surface area contributed by atoms with Crippen molar-refractivity contribution in [3.05, 3.63) is 106 Å². The van der Waals surface area contributed by atoms with Gasteiger partial charge in [-0.3, -0.25) is 9.36 Å². The maximum Gasteiger partial charge on any atom is 0.338 e. The molecule has 38 heavy (non-hydrogen) atoms. The second-order valence-corrected chi connectivity index (χ2v) is 10.8. The van der Waals surface area contributed by atoms with Crippen LogP contribution in [0.4, 0.5) is 0 Å². The molecule has 0 saturated carbocycles. The van der Waals surface area contributed by atoms with E-state index < -0.39 is 18.0 Å². The molecule has 4 aromatic rings. The van der Waals surface area contributed by atoms with Gasteiger partial charge in [0.15, 0.2) is 4.80 Å². The van der Waals surface area contributed by atoms with Gasteiger partial charge in [0, 0.05) is 22.0 Å². The van der Waals surface area contributed by atoms with Gasteiger partial charge in [0.2, 0.25) is 0 Å². The number of allylic oxidation sites excluding steroid dienone is 1. The Kier molecular flexibility index (Phi) is 6.77. The van der Waals surface area contributed by atoms with Crippen LogP contribution < -0.4 is 14.9 Å². The fourth-order valence-electron chi connectivity index (χ4n) is 4.76. The van der Waals surface area contributed by atoms with E-state index in [4.69, 9.17) is 4.74 Å². The van der Waals surface area contributed by atoms with Crippen LogP contribution in [0.25, 0.3) is 11.8 Å². The van der Waals surface area contributed by atoms with Gasteiger partial charge in [0.05, 0.1) is 28.0 Å². The maximum atomic E-state index is 13.8.